The number of carbonyl (C=O) groups is 1. The van der Waals surface area contributed by atoms with Crippen LogP contribution >= 0.6 is 0 Å². The average Bonchev–Trinajstić information content (AvgIpc) is 2.56. The minimum Gasteiger partial charge on any atom is -0.377 e. The van der Waals surface area contributed by atoms with Gasteiger partial charge in [0.05, 0.1) is 31.4 Å². The van der Waals surface area contributed by atoms with Gasteiger partial charge in [0, 0.05) is 32.0 Å². The number of hydrogen-bond acceptors (Lipinski definition) is 5. The Labute approximate surface area is 125 Å². The number of aromatic nitrogens is 2. The summed E-state index contributed by atoms with van der Waals surface area (Å²) >= 11 is 0. The second-order valence-electron chi connectivity index (χ2n) is 5.80. The Morgan fingerprint density at radius 2 is 2.29 bits per heavy atom. The van der Waals surface area contributed by atoms with Crippen molar-refractivity contribution in [2.24, 2.45) is 5.92 Å². The molecule has 1 amide bonds. The zero-order chi connectivity index (χ0) is 14.7. The molecule has 0 radical (unpaired) electrons. The van der Waals surface area contributed by atoms with E-state index in [-0.39, 0.29) is 17.9 Å². The minimum absolute atomic E-state index is 0.0568. The van der Waals surface area contributed by atoms with E-state index in [0.29, 0.717) is 19.8 Å². The van der Waals surface area contributed by atoms with Crippen molar-refractivity contribution in [3.63, 3.8) is 0 Å². The second kappa shape index (κ2) is 6.39. The Morgan fingerprint density at radius 3 is 3.05 bits per heavy atom. The van der Waals surface area contributed by atoms with Crippen molar-refractivity contribution in [3.8, 4) is 0 Å². The van der Waals surface area contributed by atoms with Crippen LogP contribution in [0.1, 0.15) is 19.8 Å². The third-order valence-electron chi connectivity index (χ3n) is 4.29. The highest BCUT2D eigenvalue weighted by molar-refractivity contribution is 5.80. The monoisotopic (exact) mass is 290 g/mol. The molecule has 0 aromatic carbocycles. The lowest BCUT2D eigenvalue weighted by molar-refractivity contribution is -0.143. The van der Waals surface area contributed by atoms with Gasteiger partial charge in [-0.1, -0.05) is 0 Å². The normalized spacial score (nSPS) is 26.7. The predicted molar refractivity (Wildman–Crippen MR) is 79.0 cm³/mol. The lowest BCUT2D eigenvalue weighted by Gasteiger charge is -2.39. The quantitative estimate of drug-likeness (QED) is 0.811. The van der Waals surface area contributed by atoms with Crippen molar-refractivity contribution in [3.05, 3.63) is 18.6 Å². The van der Waals surface area contributed by atoms with Gasteiger partial charge in [-0.25, -0.2) is 4.98 Å². The summed E-state index contributed by atoms with van der Waals surface area (Å²) in [5.41, 5.74) is 0. The number of nitrogens with zero attached hydrogens (tertiary/aromatic N) is 4. The number of rotatable bonds is 2. The van der Waals surface area contributed by atoms with Crippen LogP contribution < -0.4 is 4.90 Å². The van der Waals surface area contributed by atoms with Crippen LogP contribution in [0, 0.1) is 5.92 Å². The van der Waals surface area contributed by atoms with Gasteiger partial charge in [-0.2, -0.15) is 0 Å². The van der Waals surface area contributed by atoms with Gasteiger partial charge in [0.1, 0.15) is 5.82 Å². The molecule has 0 bridgehead atoms. The van der Waals surface area contributed by atoms with Gasteiger partial charge in [-0.3, -0.25) is 9.78 Å². The first-order chi connectivity index (χ1) is 10.3. The van der Waals surface area contributed by atoms with Crippen LogP contribution in [0.3, 0.4) is 0 Å². The molecule has 3 rings (SSSR count). The van der Waals surface area contributed by atoms with Crippen LogP contribution in [0.15, 0.2) is 18.6 Å². The van der Waals surface area contributed by atoms with Crippen molar-refractivity contribution in [1.82, 2.24) is 14.9 Å². The van der Waals surface area contributed by atoms with Crippen molar-refractivity contribution in [2.75, 3.05) is 37.7 Å². The van der Waals surface area contributed by atoms with Crippen LogP contribution in [-0.4, -0.2) is 59.7 Å². The molecular weight excluding hydrogens is 268 g/mol. The maximum absolute atomic E-state index is 12.7. The summed E-state index contributed by atoms with van der Waals surface area (Å²) in [6.45, 7) is 5.74. The summed E-state index contributed by atoms with van der Waals surface area (Å²) in [5.74, 6) is 1.19. The Balaban J connectivity index is 1.67. The molecule has 0 N–H and O–H groups in total. The van der Waals surface area contributed by atoms with Crippen molar-refractivity contribution in [2.45, 2.75) is 25.8 Å². The van der Waals surface area contributed by atoms with E-state index in [1.165, 1.54) is 0 Å². The van der Waals surface area contributed by atoms with Crippen molar-refractivity contribution in [1.29, 1.82) is 0 Å². The molecule has 2 atom stereocenters. The predicted octanol–water partition coefficient (Wildman–Crippen LogP) is 0.940. The Bertz CT molecular complexity index is 482. The summed E-state index contributed by atoms with van der Waals surface area (Å²) in [6.07, 6.45) is 7.12. The highest BCUT2D eigenvalue weighted by Gasteiger charge is 2.33. The molecule has 0 saturated carbocycles. The summed E-state index contributed by atoms with van der Waals surface area (Å²) < 4.78 is 5.42. The summed E-state index contributed by atoms with van der Waals surface area (Å²) in [7, 11) is 0. The molecule has 6 heteroatoms. The molecule has 114 valence electrons. The number of anilines is 1. The van der Waals surface area contributed by atoms with E-state index in [0.717, 1.165) is 31.7 Å². The van der Waals surface area contributed by atoms with E-state index < -0.39 is 0 Å². The minimum atomic E-state index is 0.0568. The third kappa shape index (κ3) is 3.15. The molecule has 6 nitrogen and oxygen atoms in total. The van der Waals surface area contributed by atoms with E-state index in [1.807, 2.05) is 4.90 Å². The Morgan fingerprint density at radius 1 is 1.38 bits per heavy atom. The zero-order valence-electron chi connectivity index (χ0n) is 12.4. The first kappa shape index (κ1) is 14.3. The molecular formula is C15H22N4O2. The van der Waals surface area contributed by atoms with Gasteiger partial charge in [0.15, 0.2) is 0 Å². The molecule has 3 heterocycles. The molecule has 2 aliphatic rings. The molecule has 0 aliphatic carbocycles. The number of ether oxygens (including phenoxy) is 1. The summed E-state index contributed by atoms with van der Waals surface area (Å²) in [4.78, 5) is 25.4. The molecule has 2 aliphatic heterocycles. The van der Waals surface area contributed by atoms with E-state index in [2.05, 4.69) is 21.8 Å². The maximum Gasteiger partial charge on any atom is 0.227 e. The Hall–Kier alpha value is -1.69. The molecule has 21 heavy (non-hydrogen) atoms. The van der Waals surface area contributed by atoms with E-state index in [4.69, 9.17) is 4.74 Å². The average molecular weight is 290 g/mol. The fourth-order valence-corrected chi connectivity index (χ4v) is 3.13. The number of piperidine rings is 1. The fraction of sp³-hybridized carbons (Fsp3) is 0.667. The van der Waals surface area contributed by atoms with Crippen LogP contribution in [-0.2, 0) is 9.53 Å². The summed E-state index contributed by atoms with van der Waals surface area (Å²) in [6, 6.07) is 0.179. The van der Waals surface area contributed by atoms with Crippen LogP contribution in [0.4, 0.5) is 5.82 Å². The summed E-state index contributed by atoms with van der Waals surface area (Å²) in [5, 5.41) is 0. The standard InChI is InChI=1S/C15H22N4O2/c1-12-11-21-8-7-19(12)15(20)13-3-2-6-18(10-13)14-9-16-4-5-17-14/h4-5,9,12-13H,2-3,6-8,10-11H2,1H3/t12-,13-/m1/s1. The number of hydrogen-bond donors (Lipinski definition) is 0. The zero-order valence-corrected chi connectivity index (χ0v) is 12.4. The molecule has 0 unspecified atom stereocenters. The molecule has 0 spiro atoms. The van der Waals surface area contributed by atoms with E-state index in [1.54, 1.807) is 18.6 Å². The first-order valence-corrected chi connectivity index (χ1v) is 7.65. The lowest BCUT2D eigenvalue weighted by atomic mass is 9.95. The molecule has 2 saturated heterocycles. The van der Waals surface area contributed by atoms with E-state index >= 15 is 0 Å². The highest BCUT2D eigenvalue weighted by atomic mass is 16.5. The molecule has 1 aromatic heterocycles. The van der Waals surface area contributed by atoms with Gasteiger partial charge < -0.3 is 14.5 Å². The van der Waals surface area contributed by atoms with Gasteiger partial charge >= 0.3 is 0 Å². The number of carbonyl (C=O) groups excluding carboxylic acids is 1. The first-order valence-electron chi connectivity index (χ1n) is 7.65. The number of morpholine rings is 1. The van der Waals surface area contributed by atoms with Crippen LogP contribution in [0.25, 0.3) is 0 Å². The molecule has 1 aromatic rings. The SMILES string of the molecule is C[C@@H]1COCCN1C(=O)[C@@H]1CCCN(c2cnccn2)C1. The highest BCUT2D eigenvalue weighted by Crippen LogP contribution is 2.23. The number of amides is 1. The smallest absolute Gasteiger partial charge is 0.227 e. The lowest BCUT2D eigenvalue weighted by Crippen LogP contribution is -2.52. The van der Waals surface area contributed by atoms with Crippen LogP contribution in [0.2, 0.25) is 0 Å². The third-order valence-corrected chi connectivity index (χ3v) is 4.29. The molecule has 2 fully saturated rings. The maximum atomic E-state index is 12.7. The van der Waals surface area contributed by atoms with Gasteiger partial charge in [0.2, 0.25) is 5.91 Å². The van der Waals surface area contributed by atoms with Gasteiger partial charge in [-0.05, 0) is 19.8 Å². The fourth-order valence-electron chi connectivity index (χ4n) is 3.13. The Kier molecular flexibility index (Phi) is 4.34. The topological polar surface area (TPSA) is 58.6 Å². The largest absolute Gasteiger partial charge is 0.377 e. The van der Waals surface area contributed by atoms with Crippen molar-refractivity contribution >= 4 is 11.7 Å². The second-order valence-corrected chi connectivity index (χ2v) is 5.80. The van der Waals surface area contributed by atoms with Crippen LogP contribution in [0.5, 0.6) is 0 Å². The van der Waals surface area contributed by atoms with Gasteiger partial charge in [-0.15, -0.1) is 0 Å². The van der Waals surface area contributed by atoms with Gasteiger partial charge in [0.25, 0.3) is 0 Å². The van der Waals surface area contributed by atoms with E-state index in [9.17, 15) is 4.79 Å². The van der Waals surface area contributed by atoms with Crippen molar-refractivity contribution < 1.29 is 9.53 Å².